The number of rotatable bonds is 6. The minimum atomic E-state index is -0.468. The third-order valence-electron chi connectivity index (χ3n) is 4.48. The zero-order chi connectivity index (χ0) is 21.1. The van der Waals surface area contributed by atoms with Crippen LogP contribution in [0.15, 0.2) is 64.2 Å². The molecule has 0 saturated heterocycles. The molecule has 152 valence electrons. The second kappa shape index (κ2) is 8.62. The van der Waals surface area contributed by atoms with Crippen molar-refractivity contribution >= 4 is 39.8 Å². The molecule has 0 fully saturated rings. The van der Waals surface area contributed by atoms with Crippen molar-refractivity contribution in [1.82, 2.24) is 5.01 Å². The number of benzene rings is 2. The quantitative estimate of drug-likeness (QED) is 0.677. The molecule has 8 heteroatoms. The van der Waals surface area contributed by atoms with Gasteiger partial charge in [0.05, 0.1) is 5.57 Å². The van der Waals surface area contributed by atoms with E-state index in [1.165, 1.54) is 22.8 Å². The Morgan fingerprint density at radius 3 is 2.87 bits per heavy atom. The third kappa shape index (κ3) is 4.18. The first-order valence-corrected chi connectivity index (χ1v) is 10.3. The van der Waals surface area contributed by atoms with E-state index in [4.69, 9.17) is 10.1 Å². The number of nitrogens with one attached hydrogen (secondary N) is 1. The zero-order valence-electron chi connectivity index (χ0n) is 16.3. The van der Waals surface area contributed by atoms with Gasteiger partial charge in [0.15, 0.2) is 5.84 Å². The highest BCUT2D eigenvalue weighted by Crippen LogP contribution is 2.30. The molecule has 1 N–H and O–H groups in total. The fourth-order valence-corrected chi connectivity index (χ4v) is 3.97. The van der Waals surface area contributed by atoms with Crippen molar-refractivity contribution in [3.05, 3.63) is 71.0 Å². The SMILES string of the molecule is CCCC1=NN2C(=N)C(=Cc3cccc(OCc4ccccc4F)c3)C(=O)N=C2S1. The number of amidine groups is 2. The molecule has 30 heavy (non-hydrogen) atoms. The number of aliphatic imine (C=N–C) groups is 1. The number of carbonyl (C=O) groups excluding carboxylic acids is 1. The van der Waals surface area contributed by atoms with Crippen LogP contribution in [0.3, 0.4) is 0 Å². The number of hydrogen-bond acceptors (Lipinski definition) is 5. The number of thioether (sulfide) groups is 1. The van der Waals surface area contributed by atoms with Crippen LogP contribution >= 0.6 is 11.8 Å². The van der Waals surface area contributed by atoms with Crippen molar-refractivity contribution in [3.8, 4) is 5.75 Å². The van der Waals surface area contributed by atoms with Gasteiger partial charge in [0.2, 0.25) is 5.17 Å². The molecule has 1 amide bonds. The molecule has 0 spiro atoms. The van der Waals surface area contributed by atoms with Crippen LogP contribution in [0.1, 0.15) is 30.9 Å². The fraction of sp³-hybridized carbons (Fsp3) is 0.182. The smallest absolute Gasteiger partial charge is 0.283 e. The maximum Gasteiger partial charge on any atom is 0.283 e. The van der Waals surface area contributed by atoms with Crippen molar-refractivity contribution in [2.75, 3.05) is 0 Å². The van der Waals surface area contributed by atoms with Crippen LogP contribution in [0.4, 0.5) is 4.39 Å². The largest absolute Gasteiger partial charge is 0.489 e. The molecule has 0 saturated carbocycles. The van der Waals surface area contributed by atoms with Gasteiger partial charge in [-0.3, -0.25) is 10.2 Å². The molecule has 0 unspecified atom stereocenters. The Morgan fingerprint density at radius 2 is 2.07 bits per heavy atom. The topological polar surface area (TPSA) is 78.1 Å². The van der Waals surface area contributed by atoms with E-state index in [-0.39, 0.29) is 23.8 Å². The molecule has 0 radical (unpaired) electrons. The number of ether oxygens (including phenoxy) is 1. The first kappa shape index (κ1) is 20.0. The van der Waals surface area contributed by atoms with Crippen LogP contribution in [-0.2, 0) is 11.4 Å². The molecule has 0 aliphatic carbocycles. The summed E-state index contributed by atoms with van der Waals surface area (Å²) in [5, 5.41) is 15.5. The van der Waals surface area contributed by atoms with Crippen LogP contribution < -0.4 is 4.74 Å². The minimum Gasteiger partial charge on any atom is -0.489 e. The van der Waals surface area contributed by atoms with Gasteiger partial charge < -0.3 is 4.74 Å². The maximum atomic E-state index is 13.8. The van der Waals surface area contributed by atoms with Gasteiger partial charge in [-0.15, -0.1) is 0 Å². The lowest BCUT2D eigenvalue weighted by Gasteiger charge is -2.20. The molecule has 4 rings (SSSR count). The summed E-state index contributed by atoms with van der Waals surface area (Å²) in [7, 11) is 0. The molecule has 2 aromatic carbocycles. The van der Waals surface area contributed by atoms with Crippen LogP contribution in [0, 0.1) is 11.2 Å². The van der Waals surface area contributed by atoms with Gasteiger partial charge in [-0.1, -0.05) is 37.3 Å². The lowest BCUT2D eigenvalue weighted by atomic mass is 10.1. The van der Waals surface area contributed by atoms with Crippen LogP contribution in [-0.4, -0.2) is 27.0 Å². The summed E-state index contributed by atoms with van der Waals surface area (Å²) in [6.07, 6.45) is 3.30. The molecular formula is C22H19FN4O2S. The first-order valence-electron chi connectivity index (χ1n) is 9.50. The summed E-state index contributed by atoms with van der Waals surface area (Å²) in [6.45, 7) is 2.14. The second-order valence-electron chi connectivity index (χ2n) is 6.72. The monoisotopic (exact) mass is 422 g/mol. The maximum absolute atomic E-state index is 13.8. The summed E-state index contributed by atoms with van der Waals surface area (Å²) >= 11 is 1.33. The predicted octanol–water partition coefficient (Wildman–Crippen LogP) is 4.82. The summed E-state index contributed by atoms with van der Waals surface area (Å²) in [5.74, 6) is -0.255. The zero-order valence-corrected chi connectivity index (χ0v) is 17.1. The molecule has 6 nitrogen and oxygen atoms in total. The van der Waals surface area contributed by atoms with Crippen molar-refractivity contribution in [2.24, 2.45) is 10.1 Å². The van der Waals surface area contributed by atoms with E-state index in [0.29, 0.717) is 22.0 Å². The van der Waals surface area contributed by atoms with Crippen LogP contribution in [0.5, 0.6) is 5.75 Å². The van der Waals surface area contributed by atoms with Gasteiger partial charge >= 0.3 is 0 Å². The van der Waals surface area contributed by atoms with Crippen LogP contribution in [0.2, 0.25) is 0 Å². The highest BCUT2D eigenvalue weighted by atomic mass is 32.2. The highest BCUT2D eigenvalue weighted by molar-refractivity contribution is 8.26. The predicted molar refractivity (Wildman–Crippen MR) is 117 cm³/mol. The first-order chi connectivity index (χ1) is 14.5. The number of fused-ring (bicyclic) bond motifs is 1. The molecule has 0 bridgehead atoms. The van der Waals surface area contributed by atoms with Gasteiger partial charge in [0.25, 0.3) is 5.91 Å². The van der Waals surface area contributed by atoms with E-state index in [9.17, 15) is 9.18 Å². The van der Waals surface area contributed by atoms with E-state index in [1.54, 1.807) is 48.5 Å². The van der Waals surface area contributed by atoms with E-state index < -0.39 is 5.91 Å². The average Bonchev–Trinajstić information content (AvgIpc) is 3.14. The average molecular weight is 422 g/mol. The summed E-state index contributed by atoms with van der Waals surface area (Å²) in [5.41, 5.74) is 1.30. The Morgan fingerprint density at radius 1 is 1.23 bits per heavy atom. The second-order valence-corrected chi connectivity index (χ2v) is 7.76. The molecule has 2 aliphatic rings. The molecule has 2 heterocycles. The Labute approximate surface area is 177 Å². The van der Waals surface area contributed by atoms with Gasteiger partial charge in [0.1, 0.15) is 23.2 Å². The van der Waals surface area contributed by atoms with Gasteiger partial charge in [0, 0.05) is 5.56 Å². The van der Waals surface area contributed by atoms with Gasteiger partial charge in [-0.05, 0) is 54.4 Å². The Balaban J connectivity index is 1.53. The summed E-state index contributed by atoms with van der Waals surface area (Å²) in [4.78, 5) is 16.6. The fourth-order valence-electron chi connectivity index (χ4n) is 2.98. The molecular weight excluding hydrogens is 403 g/mol. The Kier molecular flexibility index (Phi) is 5.76. The van der Waals surface area contributed by atoms with Gasteiger partial charge in [-0.2, -0.15) is 15.1 Å². The lowest BCUT2D eigenvalue weighted by Crippen LogP contribution is -2.35. The number of nitrogens with zero attached hydrogens (tertiary/aromatic N) is 3. The van der Waals surface area contributed by atoms with Crippen LogP contribution in [0.25, 0.3) is 6.08 Å². The number of halogens is 1. The highest BCUT2D eigenvalue weighted by Gasteiger charge is 2.35. The van der Waals surface area contributed by atoms with Crippen molar-refractivity contribution in [3.63, 3.8) is 0 Å². The van der Waals surface area contributed by atoms with Crippen molar-refractivity contribution < 1.29 is 13.9 Å². The van der Waals surface area contributed by atoms with Crippen molar-refractivity contribution in [2.45, 2.75) is 26.4 Å². The van der Waals surface area contributed by atoms with E-state index in [2.05, 4.69) is 10.1 Å². The Bertz CT molecular complexity index is 1110. The number of amides is 1. The number of hydrazone groups is 1. The molecule has 2 aliphatic heterocycles. The lowest BCUT2D eigenvalue weighted by molar-refractivity contribution is -0.114. The molecule has 0 aromatic heterocycles. The summed E-state index contributed by atoms with van der Waals surface area (Å²) in [6, 6.07) is 13.5. The normalized spacial score (nSPS) is 17.1. The number of carbonyl (C=O) groups is 1. The Hall–Kier alpha value is -3.26. The van der Waals surface area contributed by atoms with Crippen molar-refractivity contribution in [1.29, 1.82) is 5.41 Å². The standard InChI is InChI=1S/C22H19FN4O2S/c1-2-6-19-26-27-20(24)17(21(28)25-22(27)30-19)12-14-7-5-9-16(11-14)29-13-15-8-3-4-10-18(15)23/h3-5,7-12,24H,2,6,13H2,1H3. The van der Waals surface area contributed by atoms with E-state index in [0.717, 1.165) is 17.9 Å². The van der Waals surface area contributed by atoms with Gasteiger partial charge in [-0.25, -0.2) is 4.39 Å². The third-order valence-corrected chi connectivity index (χ3v) is 5.45. The molecule has 2 aromatic rings. The molecule has 0 atom stereocenters. The van der Waals surface area contributed by atoms with E-state index in [1.807, 2.05) is 6.92 Å². The van der Waals surface area contributed by atoms with E-state index >= 15 is 0 Å². The summed E-state index contributed by atoms with van der Waals surface area (Å²) < 4.78 is 19.5. The minimum absolute atomic E-state index is 0.00119. The number of hydrogen-bond donors (Lipinski definition) is 1.